The molecule has 176 valence electrons. The second-order valence-electron chi connectivity index (χ2n) is 10.2. The van der Waals surface area contributed by atoms with Crippen LogP contribution in [0.1, 0.15) is 68.8 Å². The van der Waals surface area contributed by atoms with Crippen molar-refractivity contribution in [1.82, 2.24) is 15.2 Å². The van der Waals surface area contributed by atoms with Crippen molar-refractivity contribution in [2.45, 2.75) is 71.1 Å². The molecule has 0 radical (unpaired) electrons. The van der Waals surface area contributed by atoms with Gasteiger partial charge in [0.25, 0.3) is 0 Å². The summed E-state index contributed by atoms with van der Waals surface area (Å²) >= 11 is 0. The van der Waals surface area contributed by atoms with Crippen LogP contribution in [-0.2, 0) is 17.8 Å². The third-order valence-corrected chi connectivity index (χ3v) is 6.92. The number of amides is 2. The van der Waals surface area contributed by atoms with Crippen molar-refractivity contribution in [3.63, 3.8) is 0 Å². The van der Waals surface area contributed by atoms with Crippen molar-refractivity contribution in [2.24, 2.45) is 5.92 Å². The molecule has 1 aromatic rings. The highest BCUT2D eigenvalue weighted by molar-refractivity contribution is 5.88. The van der Waals surface area contributed by atoms with Gasteiger partial charge >= 0.3 is 6.03 Å². The van der Waals surface area contributed by atoms with Crippen LogP contribution in [0.4, 0.5) is 10.6 Å². The Balaban J connectivity index is 1.68. The monoisotopic (exact) mass is 443 g/mol. The van der Waals surface area contributed by atoms with Gasteiger partial charge in [-0.05, 0) is 38.2 Å². The molecule has 3 aliphatic rings. The summed E-state index contributed by atoms with van der Waals surface area (Å²) in [6.45, 7) is 11.2. The topological polar surface area (TPSA) is 102 Å². The molecule has 1 saturated heterocycles. The van der Waals surface area contributed by atoms with Crippen LogP contribution in [0, 0.1) is 11.3 Å². The summed E-state index contributed by atoms with van der Waals surface area (Å²) in [5.74, 6) is 1.66. The Hall–Kier alpha value is -2.19. The predicted octanol–water partition coefficient (Wildman–Crippen LogP) is 2.66. The molecule has 1 aliphatic carbocycles. The summed E-state index contributed by atoms with van der Waals surface area (Å²) in [6.07, 6.45) is 4.57. The number of fused-ring (bicyclic) bond motifs is 1. The first-order valence-electron chi connectivity index (χ1n) is 11.9. The summed E-state index contributed by atoms with van der Waals surface area (Å²) in [5.41, 5.74) is 4.21. The van der Waals surface area contributed by atoms with E-state index in [-0.39, 0.29) is 36.7 Å². The van der Waals surface area contributed by atoms with E-state index in [2.05, 4.69) is 37.9 Å². The van der Waals surface area contributed by atoms with Crippen LogP contribution in [-0.4, -0.2) is 71.7 Å². The zero-order valence-corrected chi connectivity index (χ0v) is 19.8. The number of aliphatic hydroxyl groups excluding tert-OH is 1. The van der Waals surface area contributed by atoms with Gasteiger partial charge in [-0.15, -0.1) is 0 Å². The summed E-state index contributed by atoms with van der Waals surface area (Å²) in [4.78, 5) is 22.0. The molecular weight excluding hydrogens is 406 g/mol. The lowest BCUT2D eigenvalue weighted by atomic mass is 9.87. The minimum Gasteiger partial charge on any atom is -0.395 e. The predicted molar refractivity (Wildman–Crippen MR) is 125 cm³/mol. The molecule has 2 fully saturated rings. The largest absolute Gasteiger partial charge is 0.395 e. The van der Waals surface area contributed by atoms with E-state index < -0.39 is 0 Å². The van der Waals surface area contributed by atoms with E-state index in [1.54, 1.807) is 0 Å². The third kappa shape index (κ3) is 4.48. The molecule has 8 heteroatoms. The molecule has 3 heterocycles. The van der Waals surface area contributed by atoms with E-state index in [0.29, 0.717) is 32.2 Å². The van der Waals surface area contributed by atoms with E-state index in [4.69, 9.17) is 20.2 Å². The van der Waals surface area contributed by atoms with Crippen molar-refractivity contribution in [2.75, 3.05) is 37.7 Å². The van der Waals surface area contributed by atoms with Crippen LogP contribution in [0.25, 0.3) is 0 Å². The maximum Gasteiger partial charge on any atom is 0.317 e. The highest BCUT2D eigenvalue weighted by Crippen LogP contribution is 2.45. The molecular formula is C24H37N5O3. The molecule has 1 saturated carbocycles. The number of nitrogens with one attached hydrogen (secondary N) is 2. The van der Waals surface area contributed by atoms with E-state index >= 15 is 0 Å². The highest BCUT2D eigenvalue weighted by Gasteiger charge is 2.39. The summed E-state index contributed by atoms with van der Waals surface area (Å²) < 4.78 is 6.12. The molecule has 4 rings (SSSR count). The zero-order valence-electron chi connectivity index (χ0n) is 19.8. The molecule has 2 aliphatic heterocycles. The summed E-state index contributed by atoms with van der Waals surface area (Å²) in [6, 6.07) is -0.0938. The van der Waals surface area contributed by atoms with Gasteiger partial charge in [-0.25, -0.2) is 9.78 Å². The SMILES string of the molecule is CC(C)[C@@H]1CN(c2nc(C3CC3)c3c(c2C=N)CC(C)(C)OC3)CCN1C(=O)NCCO. The van der Waals surface area contributed by atoms with Gasteiger partial charge < -0.3 is 30.4 Å². The molecule has 1 atom stereocenters. The van der Waals surface area contributed by atoms with Gasteiger partial charge in [0, 0.05) is 55.9 Å². The number of hydrogen-bond donors (Lipinski definition) is 3. The number of pyridine rings is 1. The molecule has 0 spiro atoms. The Morgan fingerprint density at radius 1 is 1.34 bits per heavy atom. The first-order chi connectivity index (χ1) is 15.3. The van der Waals surface area contributed by atoms with E-state index in [1.165, 1.54) is 30.2 Å². The van der Waals surface area contributed by atoms with Gasteiger partial charge in [-0.3, -0.25) is 0 Å². The number of piperazine rings is 1. The zero-order chi connectivity index (χ0) is 23.0. The van der Waals surface area contributed by atoms with Crippen molar-refractivity contribution in [3.05, 3.63) is 22.4 Å². The first kappa shape index (κ1) is 23.0. The second kappa shape index (κ2) is 8.98. The molecule has 1 aromatic heterocycles. The average molecular weight is 444 g/mol. The van der Waals surface area contributed by atoms with E-state index in [1.807, 2.05) is 4.90 Å². The van der Waals surface area contributed by atoms with Crippen LogP contribution in [0.2, 0.25) is 0 Å². The van der Waals surface area contributed by atoms with Crippen molar-refractivity contribution < 1.29 is 14.6 Å². The van der Waals surface area contributed by atoms with Crippen LogP contribution < -0.4 is 10.2 Å². The number of hydrogen-bond acceptors (Lipinski definition) is 6. The fraction of sp³-hybridized carbons (Fsp3) is 0.708. The van der Waals surface area contributed by atoms with E-state index in [0.717, 1.165) is 23.5 Å². The van der Waals surface area contributed by atoms with Gasteiger partial charge in [0.05, 0.1) is 30.6 Å². The van der Waals surface area contributed by atoms with Crippen LogP contribution >= 0.6 is 0 Å². The Morgan fingerprint density at radius 2 is 2.09 bits per heavy atom. The highest BCUT2D eigenvalue weighted by atomic mass is 16.5. The normalized spacial score (nSPS) is 22.6. The maximum absolute atomic E-state index is 12.7. The van der Waals surface area contributed by atoms with E-state index in [9.17, 15) is 4.79 Å². The van der Waals surface area contributed by atoms with Crippen LogP contribution in [0.5, 0.6) is 0 Å². The van der Waals surface area contributed by atoms with Gasteiger partial charge in [-0.2, -0.15) is 0 Å². The van der Waals surface area contributed by atoms with Crippen molar-refractivity contribution in [3.8, 4) is 0 Å². The number of carbonyl (C=O) groups excluding carboxylic acids is 1. The lowest BCUT2D eigenvalue weighted by Gasteiger charge is -2.44. The molecule has 0 aromatic carbocycles. The molecule has 0 bridgehead atoms. The lowest BCUT2D eigenvalue weighted by molar-refractivity contribution is -0.0406. The van der Waals surface area contributed by atoms with Crippen LogP contribution in [0.15, 0.2) is 0 Å². The Bertz CT molecular complexity index is 881. The number of ether oxygens (including phenoxy) is 1. The van der Waals surface area contributed by atoms with Crippen LogP contribution in [0.3, 0.4) is 0 Å². The smallest absolute Gasteiger partial charge is 0.317 e. The number of carbonyl (C=O) groups is 1. The Kier molecular flexibility index (Phi) is 6.45. The summed E-state index contributed by atoms with van der Waals surface area (Å²) in [7, 11) is 0. The Labute approximate surface area is 190 Å². The summed E-state index contributed by atoms with van der Waals surface area (Å²) in [5, 5.41) is 20.1. The fourth-order valence-electron chi connectivity index (χ4n) is 4.98. The average Bonchev–Trinajstić information content (AvgIpc) is 3.60. The minimum atomic E-state index is -0.256. The van der Waals surface area contributed by atoms with Gasteiger partial charge in [-0.1, -0.05) is 13.8 Å². The number of aromatic nitrogens is 1. The third-order valence-electron chi connectivity index (χ3n) is 6.92. The molecule has 2 amide bonds. The van der Waals surface area contributed by atoms with Crippen molar-refractivity contribution in [1.29, 1.82) is 5.41 Å². The maximum atomic E-state index is 12.7. The molecule has 32 heavy (non-hydrogen) atoms. The minimum absolute atomic E-state index is 0.0306. The van der Waals surface area contributed by atoms with Gasteiger partial charge in [0.1, 0.15) is 5.82 Å². The second-order valence-corrected chi connectivity index (χ2v) is 10.2. The number of anilines is 1. The van der Waals surface area contributed by atoms with Crippen molar-refractivity contribution >= 4 is 18.1 Å². The number of nitrogens with zero attached hydrogens (tertiary/aromatic N) is 3. The fourth-order valence-corrected chi connectivity index (χ4v) is 4.98. The standard InChI is InChI=1S/C24H37N5O3/c1-15(2)20-13-28(8-9-29(20)23(31)26-7-10-30)22-18(12-25)17-11-24(3,4)32-14-19(17)21(27-22)16-5-6-16/h12,15-16,20,25,30H,5-11,13-14H2,1-4H3,(H,26,31)/t20-/m0/s1. The number of aliphatic hydroxyl groups is 1. The lowest BCUT2D eigenvalue weighted by Crippen LogP contribution is -2.60. The molecule has 3 N–H and O–H groups in total. The Morgan fingerprint density at radius 3 is 2.72 bits per heavy atom. The van der Waals surface area contributed by atoms with Gasteiger partial charge in [0.2, 0.25) is 0 Å². The first-order valence-corrected chi connectivity index (χ1v) is 11.9. The van der Waals surface area contributed by atoms with Gasteiger partial charge in [0.15, 0.2) is 0 Å². The number of rotatable bonds is 6. The molecule has 0 unspecified atom stereocenters. The number of urea groups is 1. The quantitative estimate of drug-likeness (QED) is 0.587. The molecule has 8 nitrogen and oxygen atoms in total.